The molecule has 0 aromatic heterocycles. The molecular formula is C10H18N2S. The monoisotopic (exact) mass is 198 g/mol. The molecule has 0 radical (unpaired) electrons. The van der Waals surface area contributed by atoms with Crippen LogP contribution in [-0.4, -0.2) is 22.5 Å². The largest absolute Gasteiger partial charge is 0.362 e. The second-order valence-corrected chi connectivity index (χ2v) is 5.12. The van der Waals surface area contributed by atoms with Crippen molar-refractivity contribution >= 4 is 16.9 Å². The molecule has 0 aromatic carbocycles. The topological polar surface area (TPSA) is 24.4 Å². The molecule has 2 rings (SSSR count). The highest BCUT2D eigenvalue weighted by molar-refractivity contribution is 8.14. The first-order valence-electron chi connectivity index (χ1n) is 5.34. The van der Waals surface area contributed by atoms with Gasteiger partial charge in [0.1, 0.15) is 0 Å². The van der Waals surface area contributed by atoms with Crippen molar-refractivity contribution in [2.24, 2.45) is 4.99 Å². The standard InChI is InChI=1S/C10H18N2S/c1-3-8-9(4-2)13-10(12-8)11-7-5-6-7/h7-9H,3-6H2,1-2H3,(H,11,12). The number of hydrogen-bond donors (Lipinski definition) is 1. The van der Waals surface area contributed by atoms with Crippen LogP contribution in [0.25, 0.3) is 0 Å². The lowest BCUT2D eigenvalue weighted by Crippen LogP contribution is -2.21. The molecule has 1 saturated carbocycles. The van der Waals surface area contributed by atoms with E-state index in [4.69, 9.17) is 4.99 Å². The van der Waals surface area contributed by atoms with Crippen molar-refractivity contribution < 1.29 is 0 Å². The first-order chi connectivity index (χ1) is 6.33. The lowest BCUT2D eigenvalue weighted by molar-refractivity contribution is 0.614. The molecule has 0 bridgehead atoms. The summed E-state index contributed by atoms with van der Waals surface area (Å²) in [5.41, 5.74) is 0. The molecule has 13 heavy (non-hydrogen) atoms. The van der Waals surface area contributed by atoms with Gasteiger partial charge in [0.15, 0.2) is 5.17 Å². The molecule has 3 heteroatoms. The smallest absolute Gasteiger partial charge is 0.157 e. The fourth-order valence-electron chi connectivity index (χ4n) is 1.67. The van der Waals surface area contributed by atoms with Crippen LogP contribution in [0.15, 0.2) is 4.99 Å². The first kappa shape index (κ1) is 9.38. The van der Waals surface area contributed by atoms with Gasteiger partial charge in [0.05, 0.1) is 6.04 Å². The molecule has 1 aliphatic heterocycles. The second-order valence-electron chi connectivity index (χ2n) is 3.89. The van der Waals surface area contributed by atoms with Crippen LogP contribution in [0.4, 0.5) is 0 Å². The molecule has 1 heterocycles. The Balaban J connectivity index is 1.89. The number of nitrogens with one attached hydrogen (secondary N) is 1. The number of thioether (sulfide) groups is 1. The summed E-state index contributed by atoms with van der Waals surface area (Å²) < 4.78 is 0. The molecule has 1 aliphatic carbocycles. The van der Waals surface area contributed by atoms with Crippen LogP contribution < -0.4 is 5.32 Å². The third kappa shape index (κ3) is 2.19. The molecular weight excluding hydrogens is 180 g/mol. The Morgan fingerprint density at radius 2 is 2.15 bits per heavy atom. The van der Waals surface area contributed by atoms with Gasteiger partial charge in [0.2, 0.25) is 0 Å². The van der Waals surface area contributed by atoms with Gasteiger partial charge in [-0.3, -0.25) is 4.99 Å². The van der Waals surface area contributed by atoms with E-state index in [0.717, 1.165) is 11.3 Å². The van der Waals surface area contributed by atoms with E-state index in [1.54, 1.807) is 0 Å². The number of nitrogens with zero attached hydrogens (tertiary/aromatic N) is 1. The molecule has 0 saturated heterocycles. The van der Waals surface area contributed by atoms with Gasteiger partial charge >= 0.3 is 0 Å². The van der Waals surface area contributed by atoms with Gasteiger partial charge in [-0.1, -0.05) is 25.6 Å². The maximum absolute atomic E-state index is 4.71. The Bertz CT molecular complexity index is 211. The van der Waals surface area contributed by atoms with Crippen molar-refractivity contribution in [3.8, 4) is 0 Å². The quantitative estimate of drug-likeness (QED) is 0.753. The van der Waals surface area contributed by atoms with E-state index >= 15 is 0 Å². The maximum atomic E-state index is 4.71. The van der Waals surface area contributed by atoms with Crippen molar-refractivity contribution in [2.75, 3.05) is 0 Å². The van der Waals surface area contributed by atoms with Crippen LogP contribution in [0.5, 0.6) is 0 Å². The van der Waals surface area contributed by atoms with Crippen molar-refractivity contribution in [3.05, 3.63) is 0 Å². The number of aliphatic imine (C=N–C) groups is 1. The summed E-state index contributed by atoms with van der Waals surface area (Å²) in [5.74, 6) is 0. The van der Waals surface area contributed by atoms with Gasteiger partial charge in [0, 0.05) is 11.3 Å². The van der Waals surface area contributed by atoms with Crippen LogP contribution in [0.2, 0.25) is 0 Å². The van der Waals surface area contributed by atoms with E-state index in [-0.39, 0.29) is 0 Å². The van der Waals surface area contributed by atoms with Crippen LogP contribution >= 0.6 is 11.8 Å². The van der Waals surface area contributed by atoms with Gasteiger partial charge in [-0.25, -0.2) is 0 Å². The summed E-state index contributed by atoms with van der Waals surface area (Å²) >= 11 is 1.95. The third-order valence-corrected chi connectivity index (χ3v) is 4.10. The summed E-state index contributed by atoms with van der Waals surface area (Å²) in [4.78, 5) is 4.71. The van der Waals surface area contributed by atoms with E-state index < -0.39 is 0 Å². The fraction of sp³-hybridized carbons (Fsp3) is 0.900. The van der Waals surface area contributed by atoms with Crippen LogP contribution in [0.1, 0.15) is 39.5 Å². The average Bonchev–Trinajstić information content (AvgIpc) is 2.84. The molecule has 74 valence electrons. The highest BCUT2D eigenvalue weighted by atomic mass is 32.2. The number of hydrogen-bond acceptors (Lipinski definition) is 3. The van der Waals surface area contributed by atoms with E-state index in [0.29, 0.717) is 6.04 Å². The normalized spacial score (nSPS) is 33.2. The Hall–Kier alpha value is -0.180. The number of amidine groups is 1. The zero-order valence-electron chi connectivity index (χ0n) is 8.42. The van der Waals surface area contributed by atoms with Crippen LogP contribution in [-0.2, 0) is 0 Å². The SMILES string of the molecule is CCC1N=C(NC2CC2)SC1CC. The summed E-state index contributed by atoms with van der Waals surface area (Å²) in [6.07, 6.45) is 5.10. The van der Waals surface area contributed by atoms with Crippen LogP contribution in [0.3, 0.4) is 0 Å². The van der Waals surface area contributed by atoms with Gasteiger partial charge in [0.25, 0.3) is 0 Å². The van der Waals surface area contributed by atoms with E-state index in [1.807, 2.05) is 11.8 Å². The van der Waals surface area contributed by atoms with Gasteiger partial charge < -0.3 is 5.32 Å². The average molecular weight is 198 g/mol. The predicted molar refractivity (Wildman–Crippen MR) is 59.3 cm³/mol. The highest BCUT2D eigenvalue weighted by Crippen LogP contribution is 2.31. The van der Waals surface area contributed by atoms with Crippen molar-refractivity contribution in [3.63, 3.8) is 0 Å². The molecule has 0 spiro atoms. The van der Waals surface area contributed by atoms with Crippen molar-refractivity contribution in [1.82, 2.24) is 5.32 Å². The summed E-state index contributed by atoms with van der Waals surface area (Å²) in [6, 6.07) is 1.32. The predicted octanol–water partition coefficient (Wildman–Crippen LogP) is 2.40. The Morgan fingerprint density at radius 3 is 2.62 bits per heavy atom. The molecule has 2 nitrogen and oxygen atoms in total. The first-order valence-corrected chi connectivity index (χ1v) is 6.22. The van der Waals surface area contributed by atoms with Crippen LogP contribution in [0, 0.1) is 0 Å². The molecule has 2 aliphatic rings. The molecule has 2 unspecified atom stereocenters. The number of rotatable bonds is 3. The minimum Gasteiger partial charge on any atom is -0.362 e. The maximum Gasteiger partial charge on any atom is 0.157 e. The molecule has 1 N–H and O–H groups in total. The fourth-order valence-corrected chi connectivity index (χ4v) is 2.96. The Labute approximate surface area is 84.6 Å². The minimum atomic E-state index is 0.566. The highest BCUT2D eigenvalue weighted by Gasteiger charge is 2.30. The van der Waals surface area contributed by atoms with E-state index in [1.165, 1.54) is 30.9 Å². The minimum absolute atomic E-state index is 0.566. The third-order valence-electron chi connectivity index (χ3n) is 2.70. The zero-order chi connectivity index (χ0) is 9.26. The molecule has 0 aromatic rings. The molecule has 0 amide bonds. The van der Waals surface area contributed by atoms with Crippen molar-refractivity contribution in [2.45, 2.75) is 56.9 Å². The molecule has 1 fully saturated rings. The van der Waals surface area contributed by atoms with Gasteiger partial charge in [-0.15, -0.1) is 0 Å². The lowest BCUT2D eigenvalue weighted by atomic mass is 10.1. The summed E-state index contributed by atoms with van der Waals surface area (Å²) in [7, 11) is 0. The van der Waals surface area contributed by atoms with E-state index in [9.17, 15) is 0 Å². The zero-order valence-corrected chi connectivity index (χ0v) is 9.23. The van der Waals surface area contributed by atoms with Gasteiger partial charge in [-0.05, 0) is 25.7 Å². The van der Waals surface area contributed by atoms with E-state index in [2.05, 4.69) is 19.2 Å². The molecule has 2 atom stereocenters. The Kier molecular flexibility index (Phi) is 2.82. The summed E-state index contributed by atoms with van der Waals surface area (Å²) in [5, 5.41) is 5.43. The van der Waals surface area contributed by atoms with Gasteiger partial charge in [-0.2, -0.15) is 0 Å². The lowest BCUT2D eigenvalue weighted by Gasteiger charge is -2.11. The Morgan fingerprint density at radius 1 is 1.38 bits per heavy atom. The van der Waals surface area contributed by atoms with Crippen molar-refractivity contribution in [1.29, 1.82) is 0 Å². The summed E-state index contributed by atoms with van der Waals surface area (Å²) in [6.45, 7) is 4.49. The second kappa shape index (κ2) is 3.91.